The zero-order chi connectivity index (χ0) is 25.0. The summed E-state index contributed by atoms with van der Waals surface area (Å²) in [6.45, 7) is 2.08. The van der Waals surface area contributed by atoms with E-state index in [1.807, 2.05) is 6.92 Å². The lowest BCUT2D eigenvalue weighted by Crippen LogP contribution is -2.23. The first-order valence-electron chi connectivity index (χ1n) is 10.9. The van der Waals surface area contributed by atoms with Crippen LogP contribution in [0.2, 0.25) is 0 Å². The molecule has 0 saturated heterocycles. The number of fused-ring (bicyclic) bond motifs is 1. The number of hydrogen-bond acceptors (Lipinski definition) is 6. The minimum atomic E-state index is -4.15. The topological polar surface area (TPSA) is 104 Å². The van der Waals surface area contributed by atoms with Crippen LogP contribution in [0.25, 0.3) is 10.9 Å². The van der Waals surface area contributed by atoms with Crippen LogP contribution in [0.4, 0.5) is 5.69 Å². The lowest BCUT2D eigenvalue weighted by Gasteiger charge is -2.14. The average Bonchev–Trinajstić information content (AvgIpc) is 2.86. The van der Waals surface area contributed by atoms with Crippen LogP contribution in [-0.4, -0.2) is 32.6 Å². The largest absolute Gasteiger partial charge is 0.497 e. The second-order valence-electron chi connectivity index (χ2n) is 7.65. The van der Waals surface area contributed by atoms with Crippen LogP contribution in [-0.2, 0) is 21.2 Å². The molecule has 0 atom stereocenters. The van der Waals surface area contributed by atoms with E-state index in [-0.39, 0.29) is 22.7 Å². The van der Waals surface area contributed by atoms with Crippen molar-refractivity contribution in [3.05, 3.63) is 89.2 Å². The number of nitrogens with one attached hydrogen (secondary N) is 1. The van der Waals surface area contributed by atoms with E-state index in [4.69, 9.17) is 9.47 Å². The van der Waals surface area contributed by atoms with Crippen LogP contribution in [0.15, 0.2) is 93.6 Å². The van der Waals surface area contributed by atoms with Gasteiger partial charge in [-0.05, 0) is 67.6 Å². The van der Waals surface area contributed by atoms with Crippen molar-refractivity contribution in [2.75, 3.05) is 19.0 Å². The molecule has 1 amide bonds. The first-order chi connectivity index (χ1) is 16.8. The maximum atomic E-state index is 13.4. The Balaban J connectivity index is 1.72. The fourth-order valence-corrected chi connectivity index (χ4v) is 5.05. The molecular formula is C26H24N2O6S. The molecule has 4 aromatic rings. The van der Waals surface area contributed by atoms with E-state index in [0.29, 0.717) is 29.3 Å². The number of anilines is 1. The monoisotopic (exact) mass is 492 g/mol. The van der Waals surface area contributed by atoms with Crippen molar-refractivity contribution in [3.8, 4) is 11.5 Å². The number of pyridine rings is 1. The van der Waals surface area contributed by atoms with Gasteiger partial charge in [0, 0.05) is 17.3 Å². The molecule has 0 aliphatic heterocycles. The van der Waals surface area contributed by atoms with Gasteiger partial charge in [-0.25, -0.2) is 8.42 Å². The van der Waals surface area contributed by atoms with Crippen LogP contribution >= 0.6 is 0 Å². The standard InChI is InChI=1S/C26H24N2O6S/c1-3-34-20-12-14-21(15-13-20)35(31,32)24-16-28(23-7-5-4-6-22(23)26(24)30)17-25(29)27-18-8-10-19(33-2)11-9-18/h4-16H,3,17H2,1-2H3,(H,27,29). The number of rotatable bonds is 8. The van der Waals surface area contributed by atoms with Crippen LogP contribution in [0, 0.1) is 0 Å². The fraction of sp³-hybridized carbons (Fsp3) is 0.154. The molecule has 3 aromatic carbocycles. The average molecular weight is 493 g/mol. The van der Waals surface area contributed by atoms with Gasteiger partial charge in [-0.1, -0.05) is 12.1 Å². The predicted molar refractivity (Wildman–Crippen MR) is 133 cm³/mol. The summed E-state index contributed by atoms with van der Waals surface area (Å²) in [6, 6.07) is 19.3. The van der Waals surface area contributed by atoms with Gasteiger partial charge in [0.25, 0.3) is 0 Å². The summed E-state index contributed by atoms with van der Waals surface area (Å²) in [5, 5.41) is 2.98. The van der Waals surface area contributed by atoms with Crippen molar-refractivity contribution in [1.82, 2.24) is 4.57 Å². The maximum absolute atomic E-state index is 13.4. The van der Waals surface area contributed by atoms with Crippen molar-refractivity contribution < 1.29 is 22.7 Å². The first kappa shape index (κ1) is 24.0. The number of amides is 1. The minimum absolute atomic E-state index is 0.0393. The number of nitrogens with zero attached hydrogens (tertiary/aromatic N) is 1. The molecule has 8 nitrogen and oxygen atoms in total. The van der Waals surface area contributed by atoms with Crippen molar-refractivity contribution >= 4 is 32.3 Å². The minimum Gasteiger partial charge on any atom is -0.497 e. The van der Waals surface area contributed by atoms with Crippen LogP contribution < -0.4 is 20.2 Å². The number of ether oxygens (including phenoxy) is 2. The number of sulfone groups is 1. The highest BCUT2D eigenvalue weighted by Crippen LogP contribution is 2.24. The second-order valence-corrected chi connectivity index (χ2v) is 9.57. The molecule has 35 heavy (non-hydrogen) atoms. The van der Waals surface area contributed by atoms with Crippen molar-refractivity contribution in [1.29, 1.82) is 0 Å². The number of benzene rings is 3. The van der Waals surface area contributed by atoms with E-state index < -0.39 is 20.2 Å². The molecule has 180 valence electrons. The number of aromatic nitrogens is 1. The van der Waals surface area contributed by atoms with E-state index in [1.54, 1.807) is 55.6 Å². The Morgan fingerprint density at radius 1 is 0.943 bits per heavy atom. The second kappa shape index (κ2) is 10.0. The lowest BCUT2D eigenvalue weighted by molar-refractivity contribution is -0.116. The van der Waals surface area contributed by atoms with E-state index in [0.717, 1.165) is 0 Å². The highest BCUT2D eigenvalue weighted by molar-refractivity contribution is 7.91. The third-order valence-electron chi connectivity index (χ3n) is 5.38. The summed E-state index contributed by atoms with van der Waals surface area (Å²) in [4.78, 5) is 25.5. The number of para-hydroxylation sites is 1. The van der Waals surface area contributed by atoms with E-state index in [2.05, 4.69) is 5.32 Å². The van der Waals surface area contributed by atoms with Crippen LogP contribution in [0.5, 0.6) is 11.5 Å². The van der Waals surface area contributed by atoms with Crippen molar-refractivity contribution in [2.24, 2.45) is 0 Å². The molecule has 0 unspecified atom stereocenters. The molecule has 9 heteroatoms. The summed E-state index contributed by atoms with van der Waals surface area (Å²) in [5.74, 6) is 0.796. The Hall–Kier alpha value is -4.11. The zero-order valence-electron chi connectivity index (χ0n) is 19.2. The van der Waals surface area contributed by atoms with E-state index >= 15 is 0 Å². The normalized spacial score (nSPS) is 11.3. The number of carbonyl (C=O) groups excluding carboxylic acids is 1. The SMILES string of the molecule is CCOc1ccc(S(=O)(=O)c2cn(CC(=O)Nc3ccc(OC)cc3)c3ccccc3c2=O)cc1. The van der Waals surface area contributed by atoms with E-state index in [9.17, 15) is 18.0 Å². The highest BCUT2D eigenvalue weighted by atomic mass is 32.2. The van der Waals surface area contributed by atoms with Crippen molar-refractivity contribution in [3.63, 3.8) is 0 Å². The Labute approximate surface area is 202 Å². The van der Waals surface area contributed by atoms with Crippen LogP contribution in [0.1, 0.15) is 6.92 Å². The summed E-state index contributed by atoms with van der Waals surface area (Å²) in [7, 11) is -2.60. The molecule has 0 saturated carbocycles. The Morgan fingerprint density at radius 3 is 2.26 bits per heavy atom. The molecule has 0 spiro atoms. The molecule has 1 aromatic heterocycles. The zero-order valence-corrected chi connectivity index (χ0v) is 20.0. The molecular weight excluding hydrogens is 468 g/mol. The van der Waals surface area contributed by atoms with Gasteiger partial charge in [0.2, 0.25) is 21.2 Å². The maximum Gasteiger partial charge on any atom is 0.244 e. The molecule has 0 aliphatic rings. The third-order valence-corrected chi connectivity index (χ3v) is 7.14. The lowest BCUT2D eigenvalue weighted by atomic mass is 10.2. The number of hydrogen-bond donors (Lipinski definition) is 1. The van der Waals surface area contributed by atoms with Crippen molar-refractivity contribution in [2.45, 2.75) is 23.3 Å². The Kier molecular flexibility index (Phi) is 6.88. The molecule has 1 N–H and O–H groups in total. The summed E-state index contributed by atoms with van der Waals surface area (Å²) in [6.07, 6.45) is 1.23. The first-order valence-corrected chi connectivity index (χ1v) is 12.4. The molecule has 0 fully saturated rings. The molecule has 0 aliphatic carbocycles. The summed E-state index contributed by atoms with van der Waals surface area (Å²) >= 11 is 0. The van der Waals surface area contributed by atoms with Gasteiger partial charge in [0.15, 0.2) is 0 Å². The van der Waals surface area contributed by atoms with Gasteiger partial charge in [-0.3, -0.25) is 9.59 Å². The third kappa shape index (κ3) is 5.04. The molecule has 0 radical (unpaired) electrons. The molecule has 4 rings (SSSR count). The predicted octanol–water partition coefficient (Wildman–Crippen LogP) is 3.88. The number of methoxy groups -OCH3 is 1. The highest BCUT2D eigenvalue weighted by Gasteiger charge is 2.24. The van der Waals surface area contributed by atoms with Gasteiger partial charge in [0.1, 0.15) is 22.9 Å². The summed E-state index contributed by atoms with van der Waals surface area (Å²) < 4.78 is 38.7. The Morgan fingerprint density at radius 2 is 1.60 bits per heavy atom. The molecule has 0 bridgehead atoms. The Bertz CT molecular complexity index is 1530. The fourth-order valence-electron chi connectivity index (χ4n) is 3.68. The van der Waals surface area contributed by atoms with Gasteiger partial charge < -0.3 is 19.4 Å². The van der Waals surface area contributed by atoms with E-state index in [1.165, 1.54) is 35.0 Å². The van der Waals surface area contributed by atoms with Crippen LogP contribution in [0.3, 0.4) is 0 Å². The quantitative estimate of drug-likeness (QED) is 0.400. The summed E-state index contributed by atoms with van der Waals surface area (Å²) in [5.41, 5.74) is 0.387. The van der Waals surface area contributed by atoms with Gasteiger partial charge in [-0.2, -0.15) is 0 Å². The molecule has 1 heterocycles. The van der Waals surface area contributed by atoms with Gasteiger partial charge in [-0.15, -0.1) is 0 Å². The smallest absolute Gasteiger partial charge is 0.244 e. The van der Waals surface area contributed by atoms with Gasteiger partial charge in [0.05, 0.1) is 24.1 Å². The number of carbonyl (C=O) groups is 1. The van der Waals surface area contributed by atoms with Gasteiger partial charge >= 0.3 is 0 Å².